The Morgan fingerprint density at radius 2 is 1.69 bits per heavy atom. The molecule has 1 saturated heterocycles. The van der Waals surface area contributed by atoms with Crippen molar-refractivity contribution in [3.05, 3.63) is 17.9 Å². The smallest absolute Gasteiger partial charge is 0.119 e. The number of hydroxylamine groups is 3. The van der Waals surface area contributed by atoms with Crippen LogP contribution in [-0.2, 0) is 0 Å². The second-order valence-electron chi connectivity index (χ2n) is 5.65. The summed E-state index contributed by atoms with van der Waals surface area (Å²) in [5.41, 5.74) is -0.210. The summed E-state index contributed by atoms with van der Waals surface area (Å²) in [6.07, 6.45) is 5.32. The number of piperidine rings is 1. The van der Waals surface area contributed by atoms with Crippen molar-refractivity contribution < 1.29 is 4.65 Å². The minimum atomic E-state index is -0.210. The highest BCUT2D eigenvalue weighted by molar-refractivity contribution is 4.78. The van der Waals surface area contributed by atoms with Gasteiger partial charge >= 0.3 is 0 Å². The molecular formula is C11H20N4O. The molecule has 0 amide bonds. The summed E-state index contributed by atoms with van der Waals surface area (Å²) in [5, 5.41) is 20.2. The third-order valence-electron chi connectivity index (χ3n) is 3.73. The molecule has 2 rings (SSSR count). The predicted octanol–water partition coefficient (Wildman–Crippen LogP) is 1.73. The van der Waals surface area contributed by atoms with E-state index in [0.29, 0.717) is 19.1 Å². The van der Waals surface area contributed by atoms with Crippen LogP contribution in [0.1, 0.15) is 39.7 Å². The van der Waals surface area contributed by atoms with E-state index in [-0.39, 0.29) is 10.2 Å². The molecule has 0 aliphatic carbocycles. The van der Waals surface area contributed by atoms with E-state index in [1.54, 1.807) is 12.7 Å². The van der Waals surface area contributed by atoms with Gasteiger partial charge < -0.3 is 14.4 Å². The van der Waals surface area contributed by atoms with Crippen molar-refractivity contribution in [2.45, 2.75) is 45.2 Å². The molecule has 2 heterocycles. The van der Waals surface area contributed by atoms with Crippen LogP contribution in [0.25, 0.3) is 0 Å². The van der Waals surface area contributed by atoms with E-state index in [4.69, 9.17) is 0 Å². The van der Waals surface area contributed by atoms with Gasteiger partial charge in [-0.05, 0) is 20.8 Å². The Labute approximate surface area is 96.3 Å². The van der Waals surface area contributed by atoms with Crippen LogP contribution in [0.2, 0.25) is 0 Å². The third-order valence-corrected chi connectivity index (χ3v) is 3.73. The Kier molecular flexibility index (Phi) is 2.75. The van der Waals surface area contributed by atoms with E-state index < -0.39 is 0 Å². The molecule has 1 aliphatic heterocycles. The highest BCUT2D eigenvalue weighted by Crippen LogP contribution is 2.32. The van der Waals surface area contributed by atoms with E-state index in [2.05, 4.69) is 10.2 Å². The number of quaternary nitrogens is 1. The molecule has 1 aromatic heterocycles. The minimum absolute atomic E-state index is 0.0778. The second-order valence-corrected chi connectivity index (χ2v) is 5.65. The zero-order chi connectivity index (χ0) is 11.8. The zero-order valence-electron chi connectivity index (χ0n) is 10.3. The summed E-state index contributed by atoms with van der Waals surface area (Å²) >= 11 is 0. The van der Waals surface area contributed by atoms with E-state index in [1.807, 2.05) is 25.3 Å². The molecule has 16 heavy (non-hydrogen) atoms. The molecule has 90 valence electrons. The lowest BCUT2D eigenvalue weighted by Gasteiger charge is -2.55. The number of rotatable bonds is 1. The summed E-state index contributed by atoms with van der Waals surface area (Å²) in [4.78, 5) is 0. The molecule has 0 unspecified atom stereocenters. The fourth-order valence-corrected chi connectivity index (χ4v) is 2.34. The van der Waals surface area contributed by atoms with Gasteiger partial charge in [-0.2, -0.15) is 0 Å². The van der Waals surface area contributed by atoms with Crippen molar-refractivity contribution in [3.8, 4) is 0 Å². The van der Waals surface area contributed by atoms with Crippen LogP contribution < -0.4 is 0 Å². The summed E-state index contributed by atoms with van der Waals surface area (Å²) < 4.78 is 1.94. The monoisotopic (exact) mass is 224 g/mol. The van der Waals surface area contributed by atoms with Gasteiger partial charge in [0.05, 0.1) is 18.6 Å². The molecule has 5 heteroatoms. The lowest BCUT2D eigenvalue weighted by molar-refractivity contribution is -0.931. The first-order chi connectivity index (χ1) is 7.42. The highest BCUT2D eigenvalue weighted by Gasteiger charge is 2.36. The maximum Gasteiger partial charge on any atom is 0.119 e. The predicted molar refractivity (Wildman–Crippen MR) is 61.4 cm³/mol. The number of likely N-dealkylation sites (tertiary alicyclic amines) is 1. The van der Waals surface area contributed by atoms with Gasteiger partial charge in [-0.25, -0.2) is 0 Å². The Bertz CT molecular complexity index is 333. The van der Waals surface area contributed by atoms with Crippen LogP contribution in [0.15, 0.2) is 12.7 Å². The SMILES string of the molecule is CC(C)(C)[N+]1([O-])CCC(n2cnnc2)CC1. The molecule has 0 saturated carbocycles. The second kappa shape index (κ2) is 3.82. The number of hydrogen-bond donors (Lipinski definition) is 0. The standard InChI is InChI=1S/C11H20N4O/c1-11(2,3)15(16)6-4-10(5-7-15)14-8-12-13-9-14/h8-10H,4-7H2,1-3H3. The molecule has 0 aromatic carbocycles. The average Bonchev–Trinajstić information content (AvgIpc) is 2.70. The first-order valence-electron chi connectivity index (χ1n) is 5.85. The molecular weight excluding hydrogens is 204 g/mol. The Hall–Kier alpha value is -0.940. The number of hydrogen-bond acceptors (Lipinski definition) is 3. The fourth-order valence-electron chi connectivity index (χ4n) is 2.34. The van der Waals surface area contributed by atoms with Gasteiger partial charge in [0.15, 0.2) is 0 Å². The van der Waals surface area contributed by atoms with Crippen LogP contribution in [0, 0.1) is 5.21 Å². The number of nitrogens with zero attached hydrogens (tertiary/aromatic N) is 4. The van der Waals surface area contributed by atoms with Crippen LogP contribution in [-0.4, -0.2) is 38.0 Å². The third kappa shape index (κ3) is 1.97. The van der Waals surface area contributed by atoms with Crippen LogP contribution >= 0.6 is 0 Å². The molecule has 1 aromatic rings. The summed E-state index contributed by atoms with van der Waals surface area (Å²) in [6.45, 7) is 7.45. The summed E-state index contributed by atoms with van der Waals surface area (Å²) in [7, 11) is 0. The van der Waals surface area contributed by atoms with Crippen molar-refractivity contribution in [2.75, 3.05) is 13.1 Å². The molecule has 0 atom stereocenters. The van der Waals surface area contributed by atoms with Gasteiger partial charge in [0.1, 0.15) is 12.7 Å². The van der Waals surface area contributed by atoms with Crippen molar-refractivity contribution in [1.29, 1.82) is 0 Å². The zero-order valence-corrected chi connectivity index (χ0v) is 10.3. The maximum atomic E-state index is 12.6. The summed E-state index contributed by atoms with van der Waals surface area (Å²) in [6, 6.07) is 0.401. The first-order valence-corrected chi connectivity index (χ1v) is 5.85. The largest absolute Gasteiger partial charge is 0.632 e. The lowest BCUT2D eigenvalue weighted by Crippen LogP contribution is -2.59. The van der Waals surface area contributed by atoms with Crippen LogP contribution in [0.3, 0.4) is 0 Å². The van der Waals surface area contributed by atoms with Gasteiger partial charge in [0, 0.05) is 18.9 Å². The lowest BCUT2D eigenvalue weighted by atomic mass is 9.97. The maximum absolute atomic E-state index is 12.6. The number of aromatic nitrogens is 3. The molecule has 1 aliphatic rings. The van der Waals surface area contributed by atoms with E-state index >= 15 is 0 Å². The molecule has 0 N–H and O–H groups in total. The summed E-state index contributed by atoms with van der Waals surface area (Å²) in [5.74, 6) is 0. The first kappa shape index (κ1) is 11.5. The van der Waals surface area contributed by atoms with Crippen molar-refractivity contribution in [1.82, 2.24) is 14.8 Å². The van der Waals surface area contributed by atoms with E-state index in [0.717, 1.165) is 12.8 Å². The molecule has 0 spiro atoms. The molecule has 1 fully saturated rings. The van der Waals surface area contributed by atoms with Crippen LogP contribution in [0.5, 0.6) is 0 Å². The van der Waals surface area contributed by atoms with Gasteiger partial charge in [-0.15, -0.1) is 10.2 Å². The van der Waals surface area contributed by atoms with E-state index in [9.17, 15) is 5.21 Å². The highest BCUT2D eigenvalue weighted by atomic mass is 16.6. The van der Waals surface area contributed by atoms with Crippen molar-refractivity contribution in [3.63, 3.8) is 0 Å². The Morgan fingerprint density at radius 3 is 2.12 bits per heavy atom. The van der Waals surface area contributed by atoms with Crippen LogP contribution in [0.4, 0.5) is 0 Å². The minimum Gasteiger partial charge on any atom is -0.632 e. The van der Waals surface area contributed by atoms with Crippen molar-refractivity contribution >= 4 is 0 Å². The van der Waals surface area contributed by atoms with E-state index in [1.165, 1.54) is 0 Å². The quantitative estimate of drug-likeness (QED) is 0.539. The average molecular weight is 224 g/mol. The molecule has 0 radical (unpaired) electrons. The topological polar surface area (TPSA) is 53.8 Å². The molecule has 0 bridgehead atoms. The Morgan fingerprint density at radius 1 is 1.19 bits per heavy atom. The normalized spacial score (nSPS) is 31.6. The van der Waals surface area contributed by atoms with Gasteiger partial charge in [-0.1, -0.05) is 0 Å². The van der Waals surface area contributed by atoms with Gasteiger partial charge in [0.2, 0.25) is 0 Å². The molecule has 5 nitrogen and oxygen atoms in total. The van der Waals surface area contributed by atoms with Crippen molar-refractivity contribution in [2.24, 2.45) is 0 Å². The fraction of sp³-hybridized carbons (Fsp3) is 0.818. The van der Waals surface area contributed by atoms with Gasteiger partial charge in [0.25, 0.3) is 0 Å². The van der Waals surface area contributed by atoms with Gasteiger partial charge in [-0.3, -0.25) is 0 Å². The Balaban J connectivity index is 2.02.